The summed E-state index contributed by atoms with van der Waals surface area (Å²) in [6.07, 6.45) is 0.915. The summed E-state index contributed by atoms with van der Waals surface area (Å²) in [5.41, 5.74) is 0. The van der Waals surface area contributed by atoms with Crippen molar-refractivity contribution < 1.29 is 14.7 Å². The summed E-state index contributed by atoms with van der Waals surface area (Å²) >= 11 is 1.60. The average molecular weight is 308 g/mol. The normalized spacial score (nSPS) is 10.6. The van der Waals surface area contributed by atoms with Crippen molar-refractivity contribution in [2.24, 2.45) is 0 Å². The molecule has 0 aliphatic rings. The fraction of sp³-hybridized carbons (Fsp3) is 0.385. The molecule has 2 aromatic rings. The van der Waals surface area contributed by atoms with Gasteiger partial charge in [-0.2, -0.15) is 0 Å². The molecule has 0 spiro atoms. The Morgan fingerprint density at radius 3 is 2.76 bits per heavy atom. The predicted octanol–water partition coefficient (Wildman–Crippen LogP) is 1.17. The van der Waals surface area contributed by atoms with Gasteiger partial charge in [-0.3, -0.25) is 9.59 Å². The summed E-state index contributed by atoms with van der Waals surface area (Å²) in [4.78, 5) is 32.7. The first-order valence-corrected chi connectivity index (χ1v) is 7.30. The maximum atomic E-state index is 11.5. The summed E-state index contributed by atoms with van der Waals surface area (Å²) in [5.74, 6) is -0.249. The quantitative estimate of drug-likeness (QED) is 0.740. The van der Waals surface area contributed by atoms with Crippen LogP contribution in [-0.2, 0) is 16.0 Å². The van der Waals surface area contributed by atoms with Crippen molar-refractivity contribution >= 4 is 39.2 Å². The Morgan fingerprint density at radius 1 is 1.33 bits per heavy atom. The SMILES string of the molecule is CCc1cc2c(NCC(=O)NCC(=O)O)nc(C)nc2s1. The van der Waals surface area contributed by atoms with Gasteiger partial charge in [-0.05, 0) is 19.4 Å². The molecule has 21 heavy (non-hydrogen) atoms. The van der Waals surface area contributed by atoms with Crippen molar-refractivity contribution in [3.8, 4) is 0 Å². The van der Waals surface area contributed by atoms with Crippen LogP contribution in [0.15, 0.2) is 6.07 Å². The first-order valence-electron chi connectivity index (χ1n) is 6.49. The van der Waals surface area contributed by atoms with E-state index in [1.54, 1.807) is 18.3 Å². The van der Waals surface area contributed by atoms with Crippen LogP contribution in [0.5, 0.6) is 0 Å². The molecule has 0 saturated carbocycles. The van der Waals surface area contributed by atoms with Crippen LogP contribution in [-0.4, -0.2) is 40.0 Å². The van der Waals surface area contributed by atoms with Crippen LogP contribution in [0.3, 0.4) is 0 Å². The van der Waals surface area contributed by atoms with Gasteiger partial charge in [0.1, 0.15) is 23.0 Å². The van der Waals surface area contributed by atoms with Crippen LogP contribution in [0, 0.1) is 6.92 Å². The van der Waals surface area contributed by atoms with E-state index >= 15 is 0 Å². The van der Waals surface area contributed by atoms with E-state index in [2.05, 4.69) is 27.5 Å². The van der Waals surface area contributed by atoms with Crippen molar-refractivity contribution in [2.75, 3.05) is 18.4 Å². The number of aromatic nitrogens is 2. The predicted molar refractivity (Wildman–Crippen MR) is 80.7 cm³/mol. The van der Waals surface area contributed by atoms with Gasteiger partial charge in [-0.25, -0.2) is 9.97 Å². The van der Waals surface area contributed by atoms with E-state index in [1.807, 2.05) is 6.07 Å². The van der Waals surface area contributed by atoms with Crippen LogP contribution in [0.1, 0.15) is 17.6 Å². The topological polar surface area (TPSA) is 104 Å². The Morgan fingerprint density at radius 2 is 2.10 bits per heavy atom. The second-order valence-corrected chi connectivity index (χ2v) is 5.54. The number of carbonyl (C=O) groups is 2. The molecule has 2 aromatic heterocycles. The van der Waals surface area contributed by atoms with E-state index in [9.17, 15) is 9.59 Å². The van der Waals surface area contributed by atoms with E-state index in [0.29, 0.717) is 11.6 Å². The second-order valence-electron chi connectivity index (χ2n) is 4.43. The van der Waals surface area contributed by atoms with Crippen molar-refractivity contribution in [3.63, 3.8) is 0 Å². The lowest BCUT2D eigenvalue weighted by Gasteiger charge is -2.07. The zero-order chi connectivity index (χ0) is 15.4. The van der Waals surface area contributed by atoms with E-state index in [-0.39, 0.29) is 6.54 Å². The number of fused-ring (bicyclic) bond motifs is 1. The molecule has 0 atom stereocenters. The molecule has 2 rings (SSSR count). The minimum absolute atomic E-state index is 0.0316. The molecule has 0 radical (unpaired) electrons. The summed E-state index contributed by atoms with van der Waals surface area (Å²) in [6, 6.07) is 2.01. The zero-order valence-corrected chi connectivity index (χ0v) is 12.6. The first-order chi connectivity index (χ1) is 9.99. The van der Waals surface area contributed by atoms with Crippen molar-refractivity contribution in [1.82, 2.24) is 15.3 Å². The fourth-order valence-corrected chi connectivity index (χ4v) is 2.80. The number of aryl methyl sites for hydroxylation is 2. The molecule has 0 bridgehead atoms. The minimum Gasteiger partial charge on any atom is -0.480 e. The molecule has 7 nitrogen and oxygen atoms in total. The molecule has 2 heterocycles. The lowest BCUT2D eigenvalue weighted by molar-refractivity contribution is -0.137. The number of carboxylic acid groups (broad SMARTS) is 1. The van der Waals surface area contributed by atoms with Gasteiger partial charge in [0.2, 0.25) is 5.91 Å². The molecule has 0 unspecified atom stereocenters. The smallest absolute Gasteiger partial charge is 0.322 e. The van der Waals surface area contributed by atoms with Crippen molar-refractivity contribution in [2.45, 2.75) is 20.3 Å². The Labute approximate surface area is 125 Å². The summed E-state index contributed by atoms with van der Waals surface area (Å²) in [6.45, 7) is 3.44. The average Bonchev–Trinajstić information content (AvgIpc) is 2.85. The Hall–Kier alpha value is -2.22. The van der Waals surface area contributed by atoms with Crippen LogP contribution in [0.2, 0.25) is 0 Å². The number of hydrogen-bond acceptors (Lipinski definition) is 6. The lowest BCUT2D eigenvalue weighted by atomic mass is 10.3. The first kappa shape index (κ1) is 15.2. The summed E-state index contributed by atoms with van der Waals surface area (Å²) < 4.78 is 0. The standard InChI is InChI=1S/C13H16N4O3S/c1-3-8-4-9-12(16-7(2)17-13(9)21-8)15-5-10(18)14-6-11(19)20/h4H,3,5-6H2,1-2H3,(H,14,18)(H,19,20)(H,15,16,17). The highest BCUT2D eigenvalue weighted by molar-refractivity contribution is 7.18. The number of carboxylic acids is 1. The zero-order valence-electron chi connectivity index (χ0n) is 11.8. The number of aliphatic carboxylic acids is 1. The second kappa shape index (κ2) is 6.49. The highest BCUT2D eigenvalue weighted by atomic mass is 32.1. The molecule has 8 heteroatoms. The van der Waals surface area contributed by atoms with Crippen LogP contribution in [0.4, 0.5) is 5.82 Å². The van der Waals surface area contributed by atoms with Crippen molar-refractivity contribution in [1.29, 1.82) is 0 Å². The number of anilines is 1. The monoisotopic (exact) mass is 308 g/mol. The van der Waals surface area contributed by atoms with Gasteiger partial charge in [-0.15, -0.1) is 11.3 Å². The lowest BCUT2D eigenvalue weighted by Crippen LogP contribution is -2.34. The van der Waals surface area contributed by atoms with Gasteiger partial charge in [0.25, 0.3) is 0 Å². The Bertz CT molecular complexity index is 683. The molecule has 3 N–H and O–H groups in total. The van der Waals surface area contributed by atoms with E-state index < -0.39 is 18.4 Å². The third kappa shape index (κ3) is 3.88. The van der Waals surface area contributed by atoms with Crippen LogP contribution in [0.25, 0.3) is 10.2 Å². The van der Waals surface area contributed by atoms with Gasteiger partial charge >= 0.3 is 5.97 Å². The molecule has 112 valence electrons. The van der Waals surface area contributed by atoms with Gasteiger partial charge in [0.05, 0.1) is 11.9 Å². The van der Waals surface area contributed by atoms with E-state index in [0.717, 1.165) is 16.6 Å². The van der Waals surface area contributed by atoms with Gasteiger partial charge < -0.3 is 15.7 Å². The molecular formula is C13H16N4O3S. The van der Waals surface area contributed by atoms with E-state index in [4.69, 9.17) is 5.11 Å². The van der Waals surface area contributed by atoms with Gasteiger partial charge in [-0.1, -0.05) is 6.92 Å². The number of carbonyl (C=O) groups excluding carboxylic acids is 1. The number of hydrogen-bond donors (Lipinski definition) is 3. The Kier molecular flexibility index (Phi) is 4.69. The minimum atomic E-state index is -1.07. The maximum absolute atomic E-state index is 11.5. The molecule has 0 fully saturated rings. The van der Waals surface area contributed by atoms with E-state index in [1.165, 1.54) is 4.88 Å². The third-order valence-electron chi connectivity index (χ3n) is 2.76. The number of nitrogens with zero attached hydrogens (tertiary/aromatic N) is 2. The maximum Gasteiger partial charge on any atom is 0.322 e. The number of nitrogens with one attached hydrogen (secondary N) is 2. The van der Waals surface area contributed by atoms with Crippen molar-refractivity contribution in [3.05, 3.63) is 16.8 Å². The van der Waals surface area contributed by atoms with Crippen LogP contribution < -0.4 is 10.6 Å². The summed E-state index contributed by atoms with van der Waals surface area (Å²) in [7, 11) is 0. The van der Waals surface area contributed by atoms with Gasteiger partial charge in [0, 0.05) is 4.88 Å². The Balaban J connectivity index is 2.12. The largest absolute Gasteiger partial charge is 0.480 e. The molecular weight excluding hydrogens is 292 g/mol. The van der Waals surface area contributed by atoms with Crippen LogP contribution >= 0.6 is 11.3 Å². The molecule has 0 aliphatic heterocycles. The highest BCUT2D eigenvalue weighted by Crippen LogP contribution is 2.29. The molecule has 0 aliphatic carbocycles. The molecule has 1 amide bonds. The number of thiophene rings is 1. The number of rotatable bonds is 6. The third-order valence-corrected chi connectivity index (χ3v) is 3.93. The number of amides is 1. The van der Waals surface area contributed by atoms with Gasteiger partial charge in [0.15, 0.2) is 0 Å². The highest BCUT2D eigenvalue weighted by Gasteiger charge is 2.11. The molecule has 0 aromatic carbocycles. The fourth-order valence-electron chi connectivity index (χ4n) is 1.79. The summed E-state index contributed by atoms with van der Waals surface area (Å²) in [5, 5.41) is 14.6. The molecule has 0 saturated heterocycles.